The van der Waals surface area contributed by atoms with E-state index in [9.17, 15) is 9.18 Å². The van der Waals surface area contributed by atoms with E-state index in [2.05, 4.69) is 5.32 Å². The van der Waals surface area contributed by atoms with Crippen molar-refractivity contribution >= 4 is 11.6 Å². The third-order valence-electron chi connectivity index (χ3n) is 3.51. The van der Waals surface area contributed by atoms with Crippen LogP contribution in [0.4, 0.5) is 10.1 Å². The van der Waals surface area contributed by atoms with Crippen molar-refractivity contribution in [2.24, 2.45) is 0 Å². The lowest BCUT2D eigenvalue weighted by Crippen LogP contribution is -2.30. The van der Waals surface area contributed by atoms with Gasteiger partial charge in [-0.05, 0) is 49.2 Å². The molecule has 0 aliphatic rings. The number of anilines is 1. The number of hydrogen-bond acceptors (Lipinski definition) is 2. The van der Waals surface area contributed by atoms with Gasteiger partial charge >= 0.3 is 0 Å². The summed E-state index contributed by atoms with van der Waals surface area (Å²) in [7, 11) is 0. The summed E-state index contributed by atoms with van der Waals surface area (Å²) in [6.45, 7) is 3.65. The van der Waals surface area contributed by atoms with E-state index in [0.29, 0.717) is 5.69 Å². The third-order valence-corrected chi connectivity index (χ3v) is 3.51. The number of carbonyl (C=O) groups excluding carboxylic acids is 1. The van der Waals surface area contributed by atoms with Gasteiger partial charge in [0.2, 0.25) is 5.91 Å². The summed E-state index contributed by atoms with van der Waals surface area (Å²) in [5.41, 5.74) is 7.96. The molecule has 0 aliphatic heterocycles. The van der Waals surface area contributed by atoms with Crippen LogP contribution in [0, 0.1) is 5.82 Å². The zero-order chi connectivity index (χ0) is 15.4. The number of amides is 1. The lowest BCUT2D eigenvalue weighted by atomic mass is 9.99. The number of nitrogens with two attached hydrogens (primary N) is 1. The Labute approximate surface area is 124 Å². The van der Waals surface area contributed by atoms with Crippen LogP contribution in [0.15, 0.2) is 48.5 Å². The molecule has 0 heterocycles. The Balaban J connectivity index is 2.07. The fourth-order valence-electron chi connectivity index (χ4n) is 2.18. The predicted octanol–water partition coefficient (Wildman–Crippen LogP) is 3.39. The lowest BCUT2D eigenvalue weighted by Gasteiger charge is -2.18. The lowest BCUT2D eigenvalue weighted by molar-refractivity contribution is -0.122. The monoisotopic (exact) mass is 286 g/mol. The summed E-state index contributed by atoms with van der Waals surface area (Å²) in [5.74, 6) is -0.737. The van der Waals surface area contributed by atoms with Gasteiger partial charge in [0, 0.05) is 5.69 Å². The van der Waals surface area contributed by atoms with Gasteiger partial charge in [-0.25, -0.2) is 4.39 Å². The Bertz CT molecular complexity index is 642. The number of nitrogen functional groups attached to an aromatic ring is 1. The van der Waals surface area contributed by atoms with E-state index in [1.165, 1.54) is 12.1 Å². The van der Waals surface area contributed by atoms with E-state index in [4.69, 9.17) is 5.73 Å². The molecule has 0 radical (unpaired) electrons. The fourth-order valence-corrected chi connectivity index (χ4v) is 2.18. The zero-order valence-corrected chi connectivity index (χ0v) is 12.1. The van der Waals surface area contributed by atoms with E-state index in [0.717, 1.165) is 11.1 Å². The number of halogens is 1. The summed E-state index contributed by atoms with van der Waals surface area (Å²) < 4.78 is 13.2. The normalized spacial score (nSPS) is 13.5. The van der Waals surface area contributed by atoms with Crippen LogP contribution in [-0.2, 0) is 4.79 Å². The molecule has 0 aliphatic carbocycles. The zero-order valence-electron chi connectivity index (χ0n) is 12.1. The fraction of sp³-hybridized carbons (Fsp3) is 0.235. The quantitative estimate of drug-likeness (QED) is 0.846. The first-order valence-electron chi connectivity index (χ1n) is 6.88. The maximum Gasteiger partial charge on any atom is 0.227 e. The second-order valence-electron chi connectivity index (χ2n) is 5.18. The molecule has 3 nitrogen and oxygen atoms in total. The van der Waals surface area contributed by atoms with Gasteiger partial charge in [0.05, 0.1) is 12.0 Å². The average Bonchev–Trinajstić information content (AvgIpc) is 2.46. The first kappa shape index (κ1) is 15.0. The van der Waals surface area contributed by atoms with Crippen LogP contribution in [0.5, 0.6) is 0 Å². The second-order valence-corrected chi connectivity index (χ2v) is 5.18. The average molecular weight is 286 g/mol. The van der Waals surface area contributed by atoms with E-state index >= 15 is 0 Å². The number of rotatable bonds is 4. The van der Waals surface area contributed by atoms with E-state index in [-0.39, 0.29) is 23.7 Å². The Morgan fingerprint density at radius 3 is 2.43 bits per heavy atom. The van der Waals surface area contributed by atoms with Gasteiger partial charge < -0.3 is 11.1 Å². The highest BCUT2D eigenvalue weighted by atomic mass is 19.1. The molecule has 0 saturated carbocycles. The summed E-state index contributed by atoms with van der Waals surface area (Å²) in [6, 6.07) is 13.2. The summed E-state index contributed by atoms with van der Waals surface area (Å²) in [5, 5.41) is 2.89. The molecule has 0 spiro atoms. The Hall–Kier alpha value is -2.36. The Kier molecular flexibility index (Phi) is 4.58. The van der Waals surface area contributed by atoms with Crippen molar-refractivity contribution in [3.05, 3.63) is 65.5 Å². The van der Waals surface area contributed by atoms with Gasteiger partial charge in [-0.3, -0.25) is 4.79 Å². The van der Waals surface area contributed by atoms with Crippen molar-refractivity contribution in [3.63, 3.8) is 0 Å². The SMILES string of the molecule is CC(NC(=O)C(C)c1cccc(N)c1)c1cccc(F)c1. The van der Waals surface area contributed by atoms with Crippen LogP contribution in [-0.4, -0.2) is 5.91 Å². The summed E-state index contributed by atoms with van der Waals surface area (Å²) >= 11 is 0. The minimum atomic E-state index is -0.315. The van der Waals surface area contributed by atoms with Gasteiger partial charge in [-0.2, -0.15) is 0 Å². The highest BCUT2D eigenvalue weighted by Gasteiger charge is 2.18. The molecule has 1 amide bonds. The highest BCUT2D eigenvalue weighted by Crippen LogP contribution is 2.20. The van der Waals surface area contributed by atoms with E-state index in [1.807, 2.05) is 26.0 Å². The molecule has 2 unspecified atom stereocenters. The van der Waals surface area contributed by atoms with Crippen LogP contribution < -0.4 is 11.1 Å². The van der Waals surface area contributed by atoms with Gasteiger partial charge in [0.15, 0.2) is 0 Å². The van der Waals surface area contributed by atoms with Crippen molar-refractivity contribution in [2.45, 2.75) is 25.8 Å². The molecule has 21 heavy (non-hydrogen) atoms. The molecule has 0 fully saturated rings. The van der Waals surface area contributed by atoms with Gasteiger partial charge in [-0.1, -0.05) is 24.3 Å². The van der Waals surface area contributed by atoms with Gasteiger partial charge in [-0.15, -0.1) is 0 Å². The first-order valence-corrected chi connectivity index (χ1v) is 6.88. The molecule has 2 aromatic rings. The molecule has 2 atom stereocenters. The smallest absolute Gasteiger partial charge is 0.227 e. The maximum absolute atomic E-state index is 13.2. The molecule has 0 saturated heterocycles. The Morgan fingerprint density at radius 2 is 1.76 bits per heavy atom. The third kappa shape index (κ3) is 3.81. The first-order chi connectivity index (χ1) is 9.97. The molecular weight excluding hydrogens is 267 g/mol. The summed E-state index contributed by atoms with van der Waals surface area (Å²) in [6.07, 6.45) is 0. The van der Waals surface area contributed by atoms with Crippen LogP contribution >= 0.6 is 0 Å². The van der Waals surface area contributed by atoms with Crippen molar-refractivity contribution in [1.82, 2.24) is 5.32 Å². The van der Waals surface area contributed by atoms with Crippen molar-refractivity contribution < 1.29 is 9.18 Å². The van der Waals surface area contributed by atoms with Crippen molar-refractivity contribution in [2.75, 3.05) is 5.73 Å². The van der Waals surface area contributed by atoms with Crippen LogP contribution in [0.3, 0.4) is 0 Å². The predicted molar refractivity (Wildman–Crippen MR) is 82.2 cm³/mol. The second kappa shape index (κ2) is 6.39. The minimum Gasteiger partial charge on any atom is -0.399 e. The van der Waals surface area contributed by atoms with E-state index < -0.39 is 0 Å². The standard InChI is InChI=1S/C17H19FN2O/c1-11(13-5-4-8-16(19)10-13)17(21)20-12(2)14-6-3-7-15(18)9-14/h3-12H,19H2,1-2H3,(H,20,21). The van der Waals surface area contributed by atoms with Crippen LogP contribution in [0.2, 0.25) is 0 Å². The van der Waals surface area contributed by atoms with E-state index in [1.54, 1.807) is 24.3 Å². The molecule has 4 heteroatoms. The molecular formula is C17H19FN2O. The van der Waals surface area contributed by atoms with Crippen molar-refractivity contribution in [1.29, 1.82) is 0 Å². The summed E-state index contributed by atoms with van der Waals surface area (Å²) in [4.78, 5) is 12.3. The maximum atomic E-state index is 13.2. The number of benzene rings is 2. The molecule has 2 aromatic carbocycles. The number of hydrogen-bond donors (Lipinski definition) is 2. The molecule has 3 N–H and O–H groups in total. The topological polar surface area (TPSA) is 55.1 Å². The van der Waals surface area contributed by atoms with Gasteiger partial charge in [0.1, 0.15) is 5.82 Å². The van der Waals surface area contributed by atoms with Crippen LogP contribution in [0.25, 0.3) is 0 Å². The molecule has 2 rings (SSSR count). The minimum absolute atomic E-state index is 0.114. The number of carbonyl (C=O) groups is 1. The number of nitrogens with one attached hydrogen (secondary N) is 1. The molecule has 0 aromatic heterocycles. The largest absolute Gasteiger partial charge is 0.399 e. The van der Waals surface area contributed by atoms with Crippen LogP contribution in [0.1, 0.15) is 36.9 Å². The molecule has 0 bridgehead atoms. The highest BCUT2D eigenvalue weighted by molar-refractivity contribution is 5.83. The van der Waals surface area contributed by atoms with Gasteiger partial charge in [0.25, 0.3) is 0 Å². The van der Waals surface area contributed by atoms with Crippen molar-refractivity contribution in [3.8, 4) is 0 Å². The molecule has 110 valence electrons. The Morgan fingerprint density at radius 1 is 1.10 bits per heavy atom.